The Morgan fingerprint density at radius 1 is 1.37 bits per heavy atom. The summed E-state index contributed by atoms with van der Waals surface area (Å²) in [5.74, 6) is 0.213. The Morgan fingerprint density at radius 3 is 2.79 bits per heavy atom. The first-order chi connectivity index (χ1) is 9.19. The maximum absolute atomic E-state index is 12.7. The zero-order chi connectivity index (χ0) is 13.7. The number of aliphatic hydroxyl groups is 1. The average molecular weight is 283 g/mol. The monoisotopic (exact) mass is 283 g/mol. The number of rotatable bonds is 5. The zero-order valence-electron chi connectivity index (χ0n) is 10.6. The molecule has 104 valence electrons. The van der Waals surface area contributed by atoms with Crippen molar-refractivity contribution in [1.82, 2.24) is 5.32 Å². The summed E-state index contributed by atoms with van der Waals surface area (Å²) in [6.45, 7) is 0.135. The first-order valence-electron chi connectivity index (χ1n) is 6.47. The first kappa shape index (κ1) is 14.3. The summed E-state index contributed by atoms with van der Waals surface area (Å²) in [5.41, 5.74) is 0. The molecule has 1 amide bonds. The van der Waals surface area contributed by atoms with Gasteiger partial charge in [0.05, 0.1) is 5.75 Å². The lowest BCUT2D eigenvalue weighted by Crippen LogP contribution is -2.39. The van der Waals surface area contributed by atoms with Crippen LogP contribution in [0.4, 0.5) is 4.39 Å². The topological polar surface area (TPSA) is 49.3 Å². The first-order valence-corrected chi connectivity index (χ1v) is 7.46. The molecule has 0 aromatic heterocycles. The van der Waals surface area contributed by atoms with Gasteiger partial charge in [0.2, 0.25) is 5.91 Å². The summed E-state index contributed by atoms with van der Waals surface area (Å²) in [6.07, 6.45) is 2.98. The SMILES string of the molecule is O=C(CSc1ccc(F)cc1)NC1CCCC1CO. The molecular formula is C14H18FNO2S. The lowest BCUT2D eigenvalue weighted by atomic mass is 10.1. The van der Waals surface area contributed by atoms with Crippen LogP contribution in [-0.4, -0.2) is 29.4 Å². The third-order valence-electron chi connectivity index (χ3n) is 3.42. The van der Waals surface area contributed by atoms with Gasteiger partial charge in [-0.2, -0.15) is 0 Å². The van der Waals surface area contributed by atoms with Crippen molar-refractivity contribution >= 4 is 17.7 Å². The molecule has 2 unspecified atom stereocenters. The van der Waals surface area contributed by atoms with Crippen molar-refractivity contribution in [2.24, 2.45) is 5.92 Å². The fourth-order valence-electron chi connectivity index (χ4n) is 2.37. The van der Waals surface area contributed by atoms with Gasteiger partial charge in [-0.15, -0.1) is 11.8 Å². The van der Waals surface area contributed by atoms with E-state index in [-0.39, 0.29) is 30.3 Å². The summed E-state index contributed by atoms with van der Waals surface area (Å²) in [7, 11) is 0. The maximum Gasteiger partial charge on any atom is 0.230 e. The second kappa shape index (κ2) is 6.91. The van der Waals surface area contributed by atoms with Crippen LogP contribution in [0.15, 0.2) is 29.2 Å². The Bertz CT molecular complexity index is 424. The predicted octanol–water partition coefficient (Wildman–Crippen LogP) is 2.19. The van der Waals surface area contributed by atoms with Crippen LogP contribution >= 0.6 is 11.8 Å². The van der Waals surface area contributed by atoms with Gasteiger partial charge in [-0.05, 0) is 37.1 Å². The van der Waals surface area contributed by atoms with Gasteiger partial charge in [-0.3, -0.25) is 4.79 Å². The second-order valence-electron chi connectivity index (χ2n) is 4.79. The fourth-order valence-corrected chi connectivity index (χ4v) is 3.08. The van der Waals surface area contributed by atoms with Crippen LogP contribution in [0.1, 0.15) is 19.3 Å². The van der Waals surface area contributed by atoms with E-state index in [2.05, 4.69) is 5.32 Å². The molecule has 0 radical (unpaired) electrons. The minimum Gasteiger partial charge on any atom is -0.396 e. The summed E-state index contributed by atoms with van der Waals surface area (Å²) in [5, 5.41) is 12.2. The van der Waals surface area contributed by atoms with Crippen LogP contribution in [0.25, 0.3) is 0 Å². The van der Waals surface area contributed by atoms with E-state index in [9.17, 15) is 14.3 Å². The van der Waals surface area contributed by atoms with E-state index in [1.165, 1.54) is 23.9 Å². The van der Waals surface area contributed by atoms with E-state index >= 15 is 0 Å². The molecule has 2 atom stereocenters. The molecular weight excluding hydrogens is 265 g/mol. The number of thioether (sulfide) groups is 1. The van der Waals surface area contributed by atoms with Crippen LogP contribution in [0.3, 0.4) is 0 Å². The highest BCUT2D eigenvalue weighted by molar-refractivity contribution is 8.00. The van der Waals surface area contributed by atoms with Crippen molar-refractivity contribution in [3.63, 3.8) is 0 Å². The van der Waals surface area contributed by atoms with Gasteiger partial charge in [0.1, 0.15) is 5.82 Å². The standard InChI is InChI=1S/C14H18FNO2S/c15-11-4-6-12(7-5-11)19-9-14(18)16-13-3-1-2-10(13)8-17/h4-7,10,13,17H,1-3,8-9H2,(H,16,18). The maximum atomic E-state index is 12.7. The Hall–Kier alpha value is -1.07. The Labute approximate surface area is 116 Å². The number of hydrogen-bond acceptors (Lipinski definition) is 3. The molecule has 0 heterocycles. The van der Waals surface area contributed by atoms with Gasteiger partial charge in [0.15, 0.2) is 0 Å². The summed E-state index contributed by atoms with van der Waals surface area (Å²) >= 11 is 1.39. The molecule has 1 aliphatic carbocycles. The zero-order valence-corrected chi connectivity index (χ0v) is 11.5. The normalized spacial score (nSPS) is 22.4. The van der Waals surface area contributed by atoms with Gasteiger partial charge >= 0.3 is 0 Å². The number of halogens is 1. The third-order valence-corrected chi connectivity index (χ3v) is 4.44. The van der Waals surface area contributed by atoms with E-state index in [1.807, 2.05) is 0 Å². The van der Waals surface area contributed by atoms with E-state index in [0.29, 0.717) is 5.75 Å². The Balaban J connectivity index is 1.77. The van der Waals surface area contributed by atoms with Gasteiger partial charge < -0.3 is 10.4 Å². The van der Waals surface area contributed by atoms with Crippen molar-refractivity contribution < 1.29 is 14.3 Å². The van der Waals surface area contributed by atoms with Crippen LogP contribution in [-0.2, 0) is 4.79 Å². The number of aliphatic hydroxyl groups excluding tert-OH is 1. The minimum atomic E-state index is -0.273. The number of carbonyl (C=O) groups excluding carboxylic acids is 1. The highest BCUT2D eigenvalue weighted by Crippen LogP contribution is 2.25. The van der Waals surface area contributed by atoms with Crippen LogP contribution in [0.2, 0.25) is 0 Å². The van der Waals surface area contributed by atoms with Gasteiger partial charge in [0.25, 0.3) is 0 Å². The van der Waals surface area contributed by atoms with Crippen LogP contribution < -0.4 is 5.32 Å². The highest BCUT2D eigenvalue weighted by atomic mass is 32.2. The number of carbonyl (C=O) groups is 1. The van der Waals surface area contributed by atoms with E-state index in [0.717, 1.165) is 24.2 Å². The largest absolute Gasteiger partial charge is 0.396 e. The molecule has 0 spiro atoms. The van der Waals surface area contributed by atoms with Crippen molar-refractivity contribution in [2.75, 3.05) is 12.4 Å². The molecule has 1 aromatic rings. The molecule has 0 aliphatic heterocycles. The lowest BCUT2D eigenvalue weighted by molar-refractivity contribution is -0.119. The molecule has 1 fully saturated rings. The molecule has 1 aromatic carbocycles. The number of nitrogens with one attached hydrogen (secondary N) is 1. The van der Waals surface area contributed by atoms with Crippen molar-refractivity contribution in [3.05, 3.63) is 30.1 Å². The van der Waals surface area contributed by atoms with Gasteiger partial charge in [0, 0.05) is 23.5 Å². The van der Waals surface area contributed by atoms with Crippen LogP contribution in [0.5, 0.6) is 0 Å². The Kier molecular flexibility index (Phi) is 5.22. The molecule has 5 heteroatoms. The molecule has 3 nitrogen and oxygen atoms in total. The molecule has 2 N–H and O–H groups in total. The van der Waals surface area contributed by atoms with E-state index < -0.39 is 0 Å². The van der Waals surface area contributed by atoms with Crippen molar-refractivity contribution in [3.8, 4) is 0 Å². The molecule has 1 aliphatic rings. The second-order valence-corrected chi connectivity index (χ2v) is 5.84. The third kappa shape index (κ3) is 4.21. The number of benzene rings is 1. The van der Waals surface area contributed by atoms with Gasteiger partial charge in [-0.1, -0.05) is 6.42 Å². The Morgan fingerprint density at radius 2 is 2.11 bits per heavy atom. The van der Waals surface area contributed by atoms with Crippen molar-refractivity contribution in [2.45, 2.75) is 30.2 Å². The van der Waals surface area contributed by atoms with E-state index in [1.54, 1.807) is 12.1 Å². The van der Waals surface area contributed by atoms with Crippen LogP contribution in [0, 0.1) is 11.7 Å². The molecule has 1 saturated carbocycles. The molecule has 0 saturated heterocycles. The summed E-state index contributed by atoms with van der Waals surface area (Å²) in [6, 6.07) is 6.21. The number of amides is 1. The summed E-state index contributed by atoms with van der Waals surface area (Å²) < 4.78 is 12.7. The van der Waals surface area contributed by atoms with Gasteiger partial charge in [-0.25, -0.2) is 4.39 Å². The quantitative estimate of drug-likeness (QED) is 0.815. The smallest absolute Gasteiger partial charge is 0.230 e. The molecule has 19 heavy (non-hydrogen) atoms. The van der Waals surface area contributed by atoms with Crippen molar-refractivity contribution in [1.29, 1.82) is 0 Å². The molecule has 0 bridgehead atoms. The van der Waals surface area contributed by atoms with E-state index in [4.69, 9.17) is 0 Å². The fraction of sp³-hybridized carbons (Fsp3) is 0.500. The highest BCUT2D eigenvalue weighted by Gasteiger charge is 2.27. The summed E-state index contributed by atoms with van der Waals surface area (Å²) in [4.78, 5) is 12.7. The predicted molar refractivity (Wildman–Crippen MR) is 73.5 cm³/mol. The lowest BCUT2D eigenvalue weighted by Gasteiger charge is -2.18. The minimum absolute atomic E-state index is 0.0281. The average Bonchev–Trinajstić information content (AvgIpc) is 2.85. The molecule has 2 rings (SSSR count). The number of hydrogen-bond donors (Lipinski definition) is 2.